The quantitative estimate of drug-likeness (QED) is 0.766. The van der Waals surface area contributed by atoms with E-state index in [1.807, 2.05) is 35.2 Å². The van der Waals surface area contributed by atoms with Crippen LogP contribution in [0.15, 0.2) is 60.9 Å². The minimum Gasteiger partial charge on any atom is -0.334 e. The van der Waals surface area contributed by atoms with Gasteiger partial charge < -0.3 is 10.2 Å². The molecule has 0 bridgehead atoms. The minimum atomic E-state index is -0.0231. The highest BCUT2D eigenvalue weighted by molar-refractivity contribution is 5.93. The number of fused-ring (bicyclic) bond motifs is 1. The Labute approximate surface area is 159 Å². The number of carbonyl (C=O) groups is 1. The van der Waals surface area contributed by atoms with Gasteiger partial charge in [-0.2, -0.15) is 0 Å². The lowest BCUT2D eigenvalue weighted by Gasteiger charge is -2.28. The van der Waals surface area contributed by atoms with Crippen molar-refractivity contribution in [3.63, 3.8) is 0 Å². The maximum absolute atomic E-state index is 12.8. The van der Waals surface area contributed by atoms with Crippen molar-refractivity contribution in [3.8, 4) is 0 Å². The van der Waals surface area contributed by atoms with Gasteiger partial charge in [0, 0.05) is 31.2 Å². The van der Waals surface area contributed by atoms with E-state index in [2.05, 4.69) is 40.4 Å². The van der Waals surface area contributed by atoms with E-state index >= 15 is 0 Å². The Bertz CT molecular complexity index is 953. The normalized spacial score (nSPS) is 13.1. The summed E-state index contributed by atoms with van der Waals surface area (Å²) < 4.78 is 0. The first-order valence-corrected chi connectivity index (χ1v) is 9.27. The zero-order valence-electron chi connectivity index (χ0n) is 15.4. The van der Waals surface area contributed by atoms with E-state index in [4.69, 9.17) is 0 Å². The van der Waals surface area contributed by atoms with Gasteiger partial charge in [-0.3, -0.25) is 4.79 Å². The molecule has 4 rings (SSSR count). The average Bonchev–Trinajstić information content (AvgIpc) is 2.74. The Morgan fingerprint density at radius 1 is 1.04 bits per heavy atom. The molecule has 0 aliphatic carbocycles. The van der Waals surface area contributed by atoms with Crippen LogP contribution in [0.2, 0.25) is 0 Å². The summed E-state index contributed by atoms with van der Waals surface area (Å²) in [5, 5.41) is 3.24. The summed E-state index contributed by atoms with van der Waals surface area (Å²) in [6, 6.07) is 16.4. The van der Waals surface area contributed by atoms with Crippen LogP contribution in [0.25, 0.3) is 0 Å². The molecule has 2 aromatic carbocycles. The van der Waals surface area contributed by atoms with Crippen molar-refractivity contribution in [2.45, 2.75) is 26.3 Å². The molecule has 0 fully saturated rings. The van der Waals surface area contributed by atoms with Crippen LogP contribution >= 0.6 is 0 Å². The molecule has 1 aliphatic rings. The molecule has 1 N–H and O–H groups in total. The third kappa shape index (κ3) is 3.67. The number of benzene rings is 2. The molecule has 5 nitrogen and oxygen atoms in total. The number of hydrogen-bond acceptors (Lipinski definition) is 4. The Morgan fingerprint density at radius 2 is 1.74 bits per heavy atom. The molecular weight excluding hydrogens is 336 g/mol. The Kier molecular flexibility index (Phi) is 4.83. The third-order valence-corrected chi connectivity index (χ3v) is 4.96. The fraction of sp³-hybridized carbons (Fsp3) is 0.227. The standard InChI is InChI=1S/C22H22N4O/c1-2-16-7-5-6-10-20(16)25-22-23-13-19(14-24-22)21(27)26-12-11-17-8-3-4-9-18(17)15-26/h3-10,13-14H,2,11-12,15H2,1H3,(H,23,24,25). The lowest BCUT2D eigenvalue weighted by molar-refractivity contribution is 0.0734. The molecule has 0 radical (unpaired) electrons. The first-order chi connectivity index (χ1) is 13.2. The van der Waals surface area contributed by atoms with Gasteiger partial charge in [-0.25, -0.2) is 9.97 Å². The van der Waals surface area contributed by atoms with Gasteiger partial charge in [-0.05, 0) is 35.6 Å². The van der Waals surface area contributed by atoms with E-state index in [0.717, 1.165) is 25.1 Å². The summed E-state index contributed by atoms with van der Waals surface area (Å²) in [5.74, 6) is 0.474. The van der Waals surface area contributed by atoms with Crippen LogP contribution in [0.1, 0.15) is 34.0 Å². The van der Waals surface area contributed by atoms with E-state index in [9.17, 15) is 4.79 Å². The molecule has 5 heteroatoms. The van der Waals surface area contributed by atoms with Crippen molar-refractivity contribution in [2.75, 3.05) is 11.9 Å². The van der Waals surface area contributed by atoms with Crippen LogP contribution in [-0.2, 0) is 19.4 Å². The fourth-order valence-corrected chi connectivity index (χ4v) is 3.43. The smallest absolute Gasteiger partial charge is 0.257 e. The highest BCUT2D eigenvalue weighted by atomic mass is 16.2. The summed E-state index contributed by atoms with van der Waals surface area (Å²) in [6.45, 7) is 3.47. The lowest BCUT2D eigenvalue weighted by Crippen LogP contribution is -2.36. The van der Waals surface area contributed by atoms with Crippen LogP contribution in [0.3, 0.4) is 0 Å². The molecule has 0 saturated carbocycles. The van der Waals surface area contributed by atoms with Gasteiger partial charge in [0.05, 0.1) is 5.56 Å². The Morgan fingerprint density at radius 3 is 2.52 bits per heavy atom. The number of carbonyl (C=O) groups excluding carboxylic acids is 1. The van der Waals surface area contributed by atoms with Gasteiger partial charge >= 0.3 is 0 Å². The zero-order chi connectivity index (χ0) is 18.6. The largest absolute Gasteiger partial charge is 0.334 e. The molecule has 3 aromatic rings. The van der Waals surface area contributed by atoms with Crippen molar-refractivity contribution in [3.05, 3.63) is 83.2 Å². The fourth-order valence-electron chi connectivity index (χ4n) is 3.43. The second kappa shape index (κ2) is 7.58. The van der Waals surface area contributed by atoms with Gasteiger partial charge in [-0.15, -0.1) is 0 Å². The first kappa shape index (κ1) is 17.2. The van der Waals surface area contributed by atoms with E-state index in [0.29, 0.717) is 18.1 Å². The molecule has 0 spiro atoms. The summed E-state index contributed by atoms with van der Waals surface area (Å²) >= 11 is 0. The van der Waals surface area contributed by atoms with Crippen LogP contribution in [0, 0.1) is 0 Å². The summed E-state index contributed by atoms with van der Waals surface area (Å²) in [4.78, 5) is 23.3. The zero-order valence-corrected chi connectivity index (χ0v) is 15.4. The van der Waals surface area contributed by atoms with Crippen molar-refractivity contribution >= 4 is 17.5 Å². The summed E-state index contributed by atoms with van der Waals surface area (Å²) in [5.41, 5.74) is 5.25. The van der Waals surface area contributed by atoms with E-state index in [1.54, 1.807) is 12.4 Å². The second-order valence-corrected chi connectivity index (χ2v) is 6.68. The molecule has 0 saturated heterocycles. The molecule has 1 aliphatic heterocycles. The predicted molar refractivity (Wildman–Crippen MR) is 106 cm³/mol. The molecule has 0 atom stereocenters. The molecule has 27 heavy (non-hydrogen) atoms. The highest BCUT2D eigenvalue weighted by Crippen LogP contribution is 2.21. The van der Waals surface area contributed by atoms with Crippen molar-refractivity contribution in [2.24, 2.45) is 0 Å². The maximum Gasteiger partial charge on any atom is 0.257 e. The summed E-state index contributed by atoms with van der Waals surface area (Å²) in [6.07, 6.45) is 5.02. The molecule has 136 valence electrons. The number of aryl methyl sites for hydroxylation is 1. The highest BCUT2D eigenvalue weighted by Gasteiger charge is 2.22. The van der Waals surface area contributed by atoms with Gasteiger partial charge in [-0.1, -0.05) is 49.4 Å². The molecule has 1 amide bonds. The number of nitrogens with one attached hydrogen (secondary N) is 1. The first-order valence-electron chi connectivity index (χ1n) is 9.27. The van der Waals surface area contributed by atoms with Gasteiger partial charge in [0.15, 0.2) is 0 Å². The minimum absolute atomic E-state index is 0.0231. The second-order valence-electron chi connectivity index (χ2n) is 6.68. The molecule has 2 heterocycles. The number of aromatic nitrogens is 2. The van der Waals surface area contributed by atoms with Crippen molar-refractivity contribution < 1.29 is 4.79 Å². The predicted octanol–water partition coefficient (Wildman–Crippen LogP) is 3.98. The van der Waals surface area contributed by atoms with E-state index in [-0.39, 0.29) is 5.91 Å². The number of rotatable bonds is 4. The van der Waals surface area contributed by atoms with E-state index < -0.39 is 0 Å². The van der Waals surface area contributed by atoms with Crippen molar-refractivity contribution in [1.82, 2.24) is 14.9 Å². The maximum atomic E-state index is 12.8. The summed E-state index contributed by atoms with van der Waals surface area (Å²) in [7, 11) is 0. The SMILES string of the molecule is CCc1ccccc1Nc1ncc(C(=O)N2CCc3ccccc3C2)cn1. The Hall–Kier alpha value is -3.21. The van der Waals surface area contributed by atoms with E-state index in [1.165, 1.54) is 16.7 Å². The topological polar surface area (TPSA) is 58.1 Å². The van der Waals surface area contributed by atoms with Crippen molar-refractivity contribution in [1.29, 1.82) is 0 Å². The molecule has 1 aromatic heterocycles. The number of hydrogen-bond donors (Lipinski definition) is 1. The van der Waals surface area contributed by atoms with Crippen LogP contribution < -0.4 is 5.32 Å². The number of nitrogens with zero attached hydrogens (tertiary/aromatic N) is 3. The van der Waals surface area contributed by atoms with Crippen LogP contribution in [0.5, 0.6) is 0 Å². The van der Waals surface area contributed by atoms with Gasteiger partial charge in [0.1, 0.15) is 0 Å². The van der Waals surface area contributed by atoms with Gasteiger partial charge in [0.2, 0.25) is 5.95 Å². The number of para-hydroxylation sites is 1. The molecule has 0 unspecified atom stereocenters. The van der Waals surface area contributed by atoms with Crippen LogP contribution in [0.4, 0.5) is 11.6 Å². The third-order valence-electron chi connectivity index (χ3n) is 4.96. The monoisotopic (exact) mass is 358 g/mol. The lowest BCUT2D eigenvalue weighted by atomic mass is 9.99. The average molecular weight is 358 g/mol. The van der Waals surface area contributed by atoms with Gasteiger partial charge in [0.25, 0.3) is 5.91 Å². The van der Waals surface area contributed by atoms with Crippen LogP contribution in [-0.4, -0.2) is 27.3 Å². The Balaban J connectivity index is 1.47. The number of anilines is 2. The number of amides is 1. The molecular formula is C22H22N4O.